The number of carboxylic acid groups (broad SMARTS) is 1. The van der Waals surface area contributed by atoms with Crippen molar-refractivity contribution in [3.63, 3.8) is 0 Å². The van der Waals surface area contributed by atoms with Gasteiger partial charge in [0.25, 0.3) is 0 Å². The standard InChI is InChI=1S/C21H30O2/c1-14(2)18-11-17(10-16-8-6-5-7-9-16)12-19(15(3)4)20(18)13-21(22)23/h8,11-12,14-15H,5-7,9-10,13H2,1-4H3,(H,22,23). The van der Waals surface area contributed by atoms with Crippen molar-refractivity contribution in [1.82, 2.24) is 0 Å². The molecule has 0 fully saturated rings. The van der Waals surface area contributed by atoms with Gasteiger partial charge >= 0.3 is 5.97 Å². The van der Waals surface area contributed by atoms with E-state index in [1.165, 1.54) is 42.4 Å². The Morgan fingerprint density at radius 2 is 1.70 bits per heavy atom. The molecule has 1 aliphatic rings. The number of hydrogen-bond acceptors (Lipinski definition) is 1. The average Bonchev–Trinajstić information content (AvgIpc) is 2.48. The van der Waals surface area contributed by atoms with Gasteiger partial charge in [-0.25, -0.2) is 0 Å². The van der Waals surface area contributed by atoms with Crippen molar-refractivity contribution in [2.75, 3.05) is 0 Å². The number of carboxylic acids is 1. The lowest BCUT2D eigenvalue weighted by Crippen LogP contribution is -2.11. The highest BCUT2D eigenvalue weighted by molar-refractivity contribution is 5.72. The number of carbonyl (C=O) groups is 1. The van der Waals surface area contributed by atoms with E-state index in [1.54, 1.807) is 5.57 Å². The predicted octanol–water partition coefficient (Wildman–Crippen LogP) is 5.60. The summed E-state index contributed by atoms with van der Waals surface area (Å²) in [7, 11) is 0. The molecule has 0 aromatic heterocycles. The SMILES string of the molecule is CC(C)c1cc(CC2=CCCCC2)cc(C(C)C)c1CC(=O)O. The zero-order valence-electron chi connectivity index (χ0n) is 15.0. The summed E-state index contributed by atoms with van der Waals surface area (Å²) < 4.78 is 0. The Labute approximate surface area is 140 Å². The first kappa shape index (κ1) is 17.8. The van der Waals surface area contributed by atoms with Gasteiger partial charge in [0.15, 0.2) is 0 Å². The summed E-state index contributed by atoms with van der Waals surface area (Å²) in [4.78, 5) is 11.3. The minimum absolute atomic E-state index is 0.129. The molecule has 0 unspecified atom stereocenters. The fraction of sp³-hybridized carbons (Fsp3) is 0.571. The van der Waals surface area contributed by atoms with Gasteiger partial charge in [-0.2, -0.15) is 0 Å². The topological polar surface area (TPSA) is 37.3 Å². The fourth-order valence-electron chi connectivity index (χ4n) is 3.60. The van der Waals surface area contributed by atoms with Crippen LogP contribution in [0.15, 0.2) is 23.8 Å². The summed E-state index contributed by atoms with van der Waals surface area (Å²) in [5, 5.41) is 9.30. The molecule has 0 amide bonds. The Kier molecular flexibility index (Phi) is 6.04. The number of benzene rings is 1. The van der Waals surface area contributed by atoms with Crippen molar-refractivity contribution in [2.24, 2.45) is 0 Å². The zero-order valence-corrected chi connectivity index (χ0v) is 15.0. The highest BCUT2D eigenvalue weighted by atomic mass is 16.4. The van der Waals surface area contributed by atoms with Crippen LogP contribution in [0.1, 0.15) is 87.5 Å². The maximum Gasteiger partial charge on any atom is 0.307 e. The van der Waals surface area contributed by atoms with Crippen LogP contribution in [0.3, 0.4) is 0 Å². The molecule has 126 valence electrons. The third kappa shape index (κ3) is 4.70. The van der Waals surface area contributed by atoms with E-state index in [-0.39, 0.29) is 6.42 Å². The molecule has 0 aliphatic heterocycles. The minimum atomic E-state index is -0.739. The molecule has 0 bridgehead atoms. The molecule has 2 heteroatoms. The van der Waals surface area contributed by atoms with Gasteiger partial charge in [-0.15, -0.1) is 0 Å². The molecule has 0 spiro atoms. The molecule has 0 saturated carbocycles. The molecule has 1 aliphatic carbocycles. The first-order chi connectivity index (χ1) is 10.9. The van der Waals surface area contributed by atoms with Crippen molar-refractivity contribution in [2.45, 2.75) is 78.1 Å². The third-order valence-electron chi connectivity index (χ3n) is 4.77. The second-order valence-corrected chi connectivity index (χ2v) is 7.42. The van der Waals surface area contributed by atoms with Crippen LogP contribution >= 0.6 is 0 Å². The summed E-state index contributed by atoms with van der Waals surface area (Å²) >= 11 is 0. The van der Waals surface area contributed by atoms with E-state index >= 15 is 0 Å². The lowest BCUT2D eigenvalue weighted by atomic mass is 9.83. The highest BCUT2D eigenvalue weighted by Gasteiger charge is 2.18. The molecule has 0 saturated heterocycles. The van der Waals surface area contributed by atoms with Crippen molar-refractivity contribution >= 4 is 5.97 Å². The van der Waals surface area contributed by atoms with Crippen LogP contribution in [-0.4, -0.2) is 11.1 Å². The summed E-state index contributed by atoms with van der Waals surface area (Å²) in [5.41, 5.74) is 6.35. The monoisotopic (exact) mass is 314 g/mol. The Hall–Kier alpha value is -1.57. The van der Waals surface area contributed by atoms with Crippen LogP contribution in [0.4, 0.5) is 0 Å². The average molecular weight is 314 g/mol. The van der Waals surface area contributed by atoms with E-state index < -0.39 is 5.97 Å². The number of allylic oxidation sites excluding steroid dienone is 2. The molecule has 1 aromatic rings. The van der Waals surface area contributed by atoms with E-state index in [9.17, 15) is 9.90 Å². The molecule has 0 radical (unpaired) electrons. The van der Waals surface area contributed by atoms with E-state index in [1.807, 2.05) is 0 Å². The molecular formula is C21H30O2. The zero-order chi connectivity index (χ0) is 17.0. The molecule has 2 nitrogen and oxygen atoms in total. The maximum atomic E-state index is 11.3. The van der Waals surface area contributed by atoms with E-state index in [4.69, 9.17) is 0 Å². The second-order valence-electron chi connectivity index (χ2n) is 7.42. The Bertz CT molecular complexity index is 565. The van der Waals surface area contributed by atoms with Gasteiger partial charge in [0.2, 0.25) is 0 Å². The van der Waals surface area contributed by atoms with Gasteiger partial charge in [-0.05, 0) is 66.2 Å². The number of aliphatic carboxylic acids is 1. The van der Waals surface area contributed by atoms with Gasteiger partial charge in [0.1, 0.15) is 0 Å². The smallest absolute Gasteiger partial charge is 0.307 e. The second kappa shape index (κ2) is 7.81. The minimum Gasteiger partial charge on any atom is -0.481 e. The molecular weight excluding hydrogens is 284 g/mol. The predicted molar refractivity (Wildman–Crippen MR) is 96.2 cm³/mol. The molecule has 23 heavy (non-hydrogen) atoms. The lowest BCUT2D eigenvalue weighted by molar-refractivity contribution is -0.136. The summed E-state index contributed by atoms with van der Waals surface area (Å²) in [5.74, 6) is -0.0409. The van der Waals surface area contributed by atoms with Crippen LogP contribution in [-0.2, 0) is 17.6 Å². The third-order valence-corrected chi connectivity index (χ3v) is 4.77. The lowest BCUT2D eigenvalue weighted by Gasteiger charge is -2.22. The highest BCUT2D eigenvalue weighted by Crippen LogP contribution is 2.32. The maximum absolute atomic E-state index is 11.3. The van der Waals surface area contributed by atoms with Gasteiger partial charge in [0.05, 0.1) is 6.42 Å². The van der Waals surface area contributed by atoms with Crippen molar-refractivity contribution in [3.05, 3.63) is 46.0 Å². The number of rotatable bonds is 6. The Morgan fingerprint density at radius 3 is 2.13 bits per heavy atom. The summed E-state index contributed by atoms with van der Waals surface area (Å²) in [6, 6.07) is 4.51. The van der Waals surface area contributed by atoms with Crippen LogP contribution in [0.25, 0.3) is 0 Å². The first-order valence-electron chi connectivity index (χ1n) is 8.93. The largest absolute Gasteiger partial charge is 0.481 e. The van der Waals surface area contributed by atoms with Crippen LogP contribution < -0.4 is 0 Å². The van der Waals surface area contributed by atoms with Gasteiger partial charge in [-0.3, -0.25) is 4.79 Å². The quantitative estimate of drug-likeness (QED) is 0.694. The summed E-state index contributed by atoms with van der Waals surface area (Å²) in [6.45, 7) is 8.64. The normalized spacial score (nSPS) is 15.1. The van der Waals surface area contributed by atoms with E-state index in [0.717, 1.165) is 12.0 Å². The van der Waals surface area contributed by atoms with Crippen LogP contribution in [0.5, 0.6) is 0 Å². The van der Waals surface area contributed by atoms with Crippen molar-refractivity contribution in [1.29, 1.82) is 0 Å². The van der Waals surface area contributed by atoms with E-state index in [0.29, 0.717) is 11.8 Å². The molecule has 1 N–H and O–H groups in total. The Balaban J connectivity index is 2.44. The van der Waals surface area contributed by atoms with Crippen molar-refractivity contribution < 1.29 is 9.90 Å². The Morgan fingerprint density at radius 1 is 1.09 bits per heavy atom. The van der Waals surface area contributed by atoms with E-state index in [2.05, 4.69) is 45.9 Å². The summed E-state index contributed by atoms with van der Waals surface area (Å²) in [6.07, 6.45) is 8.59. The number of hydrogen-bond donors (Lipinski definition) is 1. The van der Waals surface area contributed by atoms with Crippen LogP contribution in [0.2, 0.25) is 0 Å². The first-order valence-corrected chi connectivity index (χ1v) is 8.93. The molecule has 0 heterocycles. The van der Waals surface area contributed by atoms with Gasteiger partial charge in [-0.1, -0.05) is 51.5 Å². The molecule has 2 rings (SSSR count). The molecule has 0 atom stereocenters. The van der Waals surface area contributed by atoms with Gasteiger partial charge < -0.3 is 5.11 Å². The van der Waals surface area contributed by atoms with Gasteiger partial charge in [0, 0.05) is 0 Å². The van der Waals surface area contributed by atoms with Crippen LogP contribution in [0, 0.1) is 0 Å². The van der Waals surface area contributed by atoms with Crippen molar-refractivity contribution in [3.8, 4) is 0 Å². The fourth-order valence-corrected chi connectivity index (χ4v) is 3.60. The molecule has 1 aromatic carbocycles.